The number of phenols is 1. The van der Waals surface area contributed by atoms with Crippen molar-refractivity contribution in [3.05, 3.63) is 65.2 Å². The molecular weight excluding hydrogens is 402 g/mol. The lowest BCUT2D eigenvalue weighted by atomic mass is 9.93. The van der Waals surface area contributed by atoms with Gasteiger partial charge in [0.05, 0.1) is 5.41 Å². The van der Waals surface area contributed by atoms with Crippen LogP contribution in [0.25, 0.3) is 0 Å². The largest absolute Gasteiger partial charge is 0.508 e. The summed E-state index contributed by atoms with van der Waals surface area (Å²) in [6.07, 6.45) is 3.82. The number of rotatable bonds is 7. The molecule has 6 nitrogen and oxygen atoms in total. The second kappa shape index (κ2) is 9.33. The third-order valence-electron chi connectivity index (χ3n) is 6.98. The number of nitrogens with one attached hydrogen (secondary N) is 2. The second-order valence-corrected chi connectivity index (χ2v) is 9.23. The molecule has 0 aromatic heterocycles. The summed E-state index contributed by atoms with van der Waals surface area (Å²) in [6.45, 7) is 3.44. The van der Waals surface area contributed by atoms with Gasteiger partial charge in [-0.2, -0.15) is 0 Å². The van der Waals surface area contributed by atoms with Gasteiger partial charge in [-0.25, -0.2) is 0 Å². The van der Waals surface area contributed by atoms with Gasteiger partial charge >= 0.3 is 0 Å². The Labute approximate surface area is 190 Å². The number of phenolic OH excluding ortho intramolecular Hbond substituents is 1. The third-order valence-corrected chi connectivity index (χ3v) is 6.98. The van der Waals surface area contributed by atoms with Crippen LogP contribution >= 0.6 is 0 Å². The van der Waals surface area contributed by atoms with E-state index < -0.39 is 11.5 Å². The van der Waals surface area contributed by atoms with Crippen LogP contribution in [-0.4, -0.2) is 54.0 Å². The Morgan fingerprint density at radius 1 is 1.06 bits per heavy atom. The predicted octanol–water partition coefficient (Wildman–Crippen LogP) is 2.67. The summed E-state index contributed by atoms with van der Waals surface area (Å²) in [5, 5.41) is 16.0. The first-order valence-corrected chi connectivity index (χ1v) is 11.5. The highest BCUT2D eigenvalue weighted by molar-refractivity contribution is 5.95. The van der Waals surface area contributed by atoms with E-state index in [1.807, 2.05) is 43.1 Å². The Hall–Kier alpha value is -2.86. The molecule has 1 saturated heterocycles. The van der Waals surface area contributed by atoms with Gasteiger partial charge in [0.1, 0.15) is 11.8 Å². The normalized spacial score (nSPS) is 18.8. The van der Waals surface area contributed by atoms with E-state index in [4.69, 9.17) is 0 Å². The van der Waals surface area contributed by atoms with Gasteiger partial charge in [-0.05, 0) is 62.9 Å². The van der Waals surface area contributed by atoms with Gasteiger partial charge in [-0.3, -0.25) is 9.59 Å². The first-order valence-electron chi connectivity index (χ1n) is 11.5. The minimum atomic E-state index is -0.599. The number of hydrogen-bond acceptors (Lipinski definition) is 4. The van der Waals surface area contributed by atoms with E-state index in [2.05, 4.69) is 10.6 Å². The molecule has 1 atom stereocenters. The average Bonchev–Trinajstić information content (AvgIpc) is 3.62. The number of piperidine rings is 1. The number of carbonyl (C=O) groups is 2. The van der Waals surface area contributed by atoms with E-state index >= 15 is 0 Å². The van der Waals surface area contributed by atoms with Crippen molar-refractivity contribution >= 4 is 11.8 Å². The lowest BCUT2D eigenvalue weighted by Gasteiger charge is -2.34. The highest BCUT2D eigenvalue weighted by atomic mass is 16.3. The first kappa shape index (κ1) is 22.3. The molecule has 0 unspecified atom stereocenters. The van der Waals surface area contributed by atoms with Crippen molar-refractivity contribution in [2.45, 2.75) is 56.5 Å². The average molecular weight is 436 g/mol. The molecule has 0 spiro atoms. The lowest BCUT2D eigenvalue weighted by Crippen LogP contribution is -2.54. The molecule has 2 aromatic rings. The van der Waals surface area contributed by atoms with Crippen molar-refractivity contribution in [3.8, 4) is 5.75 Å². The zero-order valence-electron chi connectivity index (χ0n) is 18.9. The van der Waals surface area contributed by atoms with Crippen LogP contribution < -0.4 is 10.6 Å². The van der Waals surface area contributed by atoms with E-state index in [1.165, 1.54) is 5.56 Å². The SMILES string of the molecule is CNC1CCN(C(=O)[C@H](Cc2ccc(C)cc2)NC(=O)C2(c3ccc(O)cc3)CC2)CC1. The summed E-state index contributed by atoms with van der Waals surface area (Å²) in [7, 11) is 1.96. The highest BCUT2D eigenvalue weighted by Gasteiger charge is 2.52. The van der Waals surface area contributed by atoms with Gasteiger partial charge in [0, 0.05) is 25.6 Å². The monoisotopic (exact) mass is 435 g/mol. The molecule has 170 valence electrons. The number of amides is 2. The molecule has 1 heterocycles. The van der Waals surface area contributed by atoms with E-state index in [0.717, 1.165) is 36.8 Å². The summed E-state index contributed by atoms with van der Waals surface area (Å²) < 4.78 is 0. The Morgan fingerprint density at radius 3 is 2.25 bits per heavy atom. The van der Waals surface area contributed by atoms with Gasteiger partial charge < -0.3 is 20.6 Å². The van der Waals surface area contributed by atoms with Crippen LogP contribution in [0.1, 0.15) is 42.4 Å². The van der Waals surface area contributed by atoms with E-state index in [1.54, 1.807) is 24.3 Å². The van der Waals surface area contributed by atoms with Gasteiger partial charge in [0.2, 0.25) is 11.8 Å². The van der Waals surface area contributed by atoms with Gasteiger partial charge in [-0.15, -0.1) is 0 Å². The zero-order valence-corrected chi connectivity index (χ0v) is 18.9. The lowest BCUT2D eigenvalue weighted by molar-refractivity contribution is -0.138. The van der Waals surface area contributed by atoms with Crippen LogP contribution in [0.3, 0.4) is 0 Å². The fraction of sp³-hybridized carbons (Fsp3) is 0.462. The van der Waals surface area contributed by atoms with Crippen LogP contribution in [0.2, 0.25) is 0 Å². The van der Waals surface area contributed by atoms with E-state index in [9.17, 15) is 14.7 Å². The summed E-state index contributed by atoms with van der Waals surface area (Å²) in [5.74, 6) is 0.0797. The summed E-state index contributed by atoms with van der Waals surface area (Å²) in [6, 6.07) is 14.8. The number of carbonyl (C=O) groups excluding carboxylic acids is 2. The molecule has 2 amide bonds. The van der Waals surface area contributed by atoms with Crippen molar-refractivity contribution in [3.63, 3.8) is 0 Å². The smallest absolute Gasteiger partial charge is 0.245 e. The fourth-order valence-electron chi connectivity index (χ4n) is 4.62. The van der Waals surface area contributed by atoms with Crippen molar-refractivity contribution < 1.29 is 14.7 Å². The molecule has 4 rings (SSSR count). The van der Waals surface area contributed by atoms with E-state index in [0.29, 0.717) is 25.6 Å². The van der Waals surface area contributed by atoms with Crippen molar-refractivity contribution in [2.75, 3.05) is 20.1 Å². The number of nitrogens with zero attached hydrogens (tertiary/aromatic N) is 1. The fourth-order valence-corrected chi connectivity index (χ4v) is 4.62. The molecule has 1 saturated carbocycles. The third kappa shape index (κ3) is 4.80. The molecule has 2 fully saturated rings. The highest BCUT2D eigenvalue weighted by Crippen LogP contribution is 2.48. The minimum Gasteiger partial charge on any atom is -0.508 e. The number of aryl methyl sites for hydroxylation is 1. The Bertz CT molecular complexity index is 943. The topological polar surface area (TPSA) is 81.7 Å². The van der Waals surface area contributed by atoms with Crippen LogP contribution in [0.4, 0.5) is 0 Å². The van der Waals surface area contributed by atoms with Crippen molar-refractivity contribution in [2.24, 2.45) is 0 Å². The minimum absolute atomic E-state index is 0.00464. The Balaban J connectivity index is 1.52. The van der Waals surface area contributed by atoms with Gasteiger partial charge in [0.15, 0.2) is 0 Å². The van der Waals surface area contributed by atoms with Crippen molar-refractivity contribution in [1.82, 2.24) is 15.5 Å². The summed E-state index contributed by atoms with van der Waals surface area (Å²) >= 11 is 0. The van der Waals surface area contributed by atoms with Crippen LogP contribution in [-0.2, 0) is 21.4 Å². The second-order valence-electron chi connectivity index (χ2n) is 9.23. The zero-order chi connectivity index (χ0) is 22.7. The molecule has 0 bridgehead atoms. The number of aromatic hydroxyl groups is 1. The molecule has 6 heteroatoms. The van der Waals surface area contributed by atoms with Gasteiger partial charge in [0.25, 0.3) is 0 Å². The van der Waals surface area contributed by atoms with Crippen LogP contribution in [0.15, 0.2) is 48.5 Å². The quantitative estimate of drug-likeness (QED) is 0.625. The molecule has 2 aromatic carbocycles. The number of hydrogen-bond donors (Lipinski definition) is 3. The molecular formula is C26H33N3O3. The van der Waals surface area contributed by atoms with Crippen LogP contribution in [0, 0.1) is 6.92 Å². The predicted molar refractivity (Wildman–Crippen MR) is 124 cm³/mol. The molecule has 3 N–H and O–H groups in total. The summed E-state index contributed by atoms with van der Waals surface area (Å²) in [5.41, 5.74) is 2.50. The molecule has 2 aliphatic rings. The Morgan fingerprint density at radius 2 is 1.69 bits per heavy atom. The maximum atomic E-state index is 13.5. The standard InChI is InChI=1S/C26H33N3O3/c1-18-3-5-19(6-4-18)17-23(24(31)29-15-11-21(27-2)12-16-29)28-25(32)26(13-14-26)20-7-9-22(30)10-8-20/h3-10,21,23,27,30H,11-17H2,1-2H3,(H,28,32)/t23-/m0/s1. The van der Waals surface area contributed by atoms with Gasteiger partial charge in [-0.1, -0.05) is 42.0 Å². The number of likely N-dealkylation sites (tertiary alicyclic amines) is 1. The first-order chi connectivity index (χ1) is 15.4. The molecule has 32 heavy (non-hydrogen) atoms. The Kier molecular flexibility index (Phi) is 6.51. The molecule has 1 aliphatic carbocycles. The summed E-state index contributed by atoms with van der Waals surface area (Å²) in [4.78, 5) is 28.8. The van der Waals surface area contributed by atoms with Crippen molar-refractivity contribution in [1.29, 1.82) is 0 Å². The molecule has 1 aliphatic heterocycles. The van der Waals surface area contributed by atoms with E-state index in [-0.39, 0.29) is 17.6 Å². The maximum absolute atomic E-state index is 13.5. The number of benzene rings is 2. The maximum Gasteiger partial charge on any atom is 0.245 e. The van der Waals surface area contributed by atoms with Crippen LogP contribution in [0.5, 0.6) is 5.75 Å². The molecule has 0 radical (unpaired) electrons.